The Labute approximate surface area is 131 Å². The van der Waals surface area contributed by atoms with Gasteiger partial charge in [0.1, 0.15) is 5.25 Å². The van der Waals surface area contributed by atoms with Gasteiger partial charge in [-0.05, 0) is 12.5 Å². The van der Waals surface area contributed by atoms with Crippen LogP contribution in [0, 0.1) is 0 Å². The average Bonchev–Trinajstić information content (AvgIpc) is 2.51. The predicted molar refractivity (Wildman–Crippen MR) is 84.1 cm³/mol. The minimum atomic E-state index is -3.58. The van der Waals surface area contributed by atoms with Gasteiger partial charge in [0.25, 0.3) is 0 Å². The number of aliphatic hydroxyl groups is 1. The lowest BCUT2D eigenvalue weighted by atomic mass is 10.2. The van der Waals surface area contributed by atoms with Crippen molar-refractivity contribution in [3.8, 4) is 0 Å². The highest BCUT2D eigenvalue weighted by molar-refractivity contribution is 7.92. The lowest BCUT2D eigenvalue weighted by molar-refractivity contribution is -0.129. The van der Waals surface area contributed by atoms with Crippen molar-refractivity contribution < 1.29 is 23.1 Å². The first-order valence-electron chi connectivity index (χ1n) is 7.07. The second kappa shape index (κ2) is 8.87. The molecule has 1 aromatic rings. The summed E-state index contributed by atoms with van der Waals surface area (Å²) in [5, 5.41) is 7.46. The standard InChI is InChI=1S/C15H23NO5S/c1-13(22(19,20)11-10-21-9-8-17)15(18)16(2)12-14-6-4-3-5-7-14/h3-7,13,17H,8-12H2,1-2H3/t13-/m0/s1. The van der Waals surface area contributed by atoms with Crippen LogP contribution in [0.3, 0.4) is 0 Å². The SMILES string of the molecule is C[C@@H](C(=O)N(C)Cc1ccccc1)S(=O)(=O)CCOCCO. The molecular weight excluding hydrogens is 306 g/mol. The van der Waals surface area contributed by atoms with Crippen molar-refractivity contribution >= 4 is 15.7 Å². The largest absolute Gasteiger partial charge is 0.394 e. The van der Waals surface area contributed by atoms with Gasteiger partial charge in [-0.25, -0.2) is 8.42 Å². The highest BCUT2D eigenvalue weighted by Crippen LogP contribution is 2.09. The third-order valence-corrected chi connectivity index (χ3v) is 5.29. The Balaban J connectivity index is 2.58. The number of benzene rings is 1. The fourth-order valence-electron chi connectivity index (χ4n) is 1.92. The molecule has 1 amide bonds. The second-order valence-electron chi connectivity index (χ2n) is 5.03. The van der Waals surface area contributed by atoms with Crippen LogP contribution in [0.25, 0.3) is 0 Å². The molecule has 0 unspecified atom stereocenters. The number of nitrogens with zero attached hydrogens (tertiary/aromatic N) is 1. The molecule has 0 aliphatic rings. The van der Waals surface area contributed by atoms with E-state index in [4.69, 9.17) is 9.84 Å². The molecule has 0 spiro atoms. The summed E-state index contributed by atoms with van der Waals surface area (Å²) in [7, 11) is -1.99. The van der Waals surface area contributed by atoms with Gasteiger partial charge in [0.15, 0.2) is 9.84 Å². The lowest BCUT2D eigenvalue weighted by Crippen LogP contribution is -2.40. The van der Waals surface area contributed by atoms with Crippen molar-refractivity contribution in [2.75, 3.05) is 32.6 Å². The average molecular weight is 329 g/mol. The molecule has 6 nitrogen and oxygen atoms in total. The van der Waals surface area contributed by atoms with Gasteiger partial charge in [-0.1, -0.05) is 30.3 Å². The third kappa shape index (κ3) is 5.75. The van der Waals surface area contributed by atoms with Gasteiger partial charge in [0.2, 0.25) is 5.91 Å². The molecule has 0 heterocycles. The zero-order chi connectivity index (χ0) is 16.6. The number of ether oxygens (including phenoxy) is 1. The number of hydrogen-bond acceptors (Lipinski definition) is 5. The molecule has 1 N–H and O–H groups in total. The number of sulfone groups is 1. The number of rotatable bonds is 9. The van der Waals surface area contributed by atoms with Crippen LogP contribution in [0.2, 0.25) is 0 Å². The van der Waals surface area contributed by atoms with E-state index in [-0.39, 0.29) is 25.6 Å². The quantitative estimate of drug-likeness (QED) is 0.665. The molecule has 22 heavy (non-hydrogen) atoms. The molecule has 0 aliphatic carbocycles. The first-order valence-corrected chi connectivity index (χ1v) is 8.79. The summed E-state index contributed by atoms with van der Waals surface area (Å²) in [6, 6.07) is 9.38. The van der Waals surface area contributed by atoms with E-state index in [1.54, 1.807) is 7.05 Å². The molecule has 1 atom stereocenters. The summed E-state index contributed by atoms with van der Waals surface area (Å²) in [6.45, 7) is 1.66. The summed E-state index contributed by atoms with van der Waals surface area (Å²) < 4.78 is 29.2. The number of aliphatic hydroxyl groups excluding tert-OH is 1. The van der Waals surface area contributed by atoms with Gasteiger partial charge >= 0.3 is 0 Å². The minimum absolute atomic E-state index is 0.0249. The molecule has 124 valence electrons. The molecule has 0 saturated carbocycles. The Bertz CT molecular complexity index is 559. The Hall–Kier alpha value is -1.44. The third-order valence-electron chi connectivity index (χ3n) is 3.27. The van der Waals surface area contributed by atoms with Gasteiger partial charge in [0, 0.05) is 13.6 Å². The van der Waals surface area contributed by atoms with E-state index in [2.05, 4.69) is 0 Å². The van der Waals surface area contributed by atoms with Gasteiger partial charge in [0.05, 0.1) is 25.6 Å². The van der Waals surface area contributed by atoms with Gasteiger partial charge in [-0.3, -0.25) is 4.79 Å². The smallest absolute Gasteiger partial charge is 0.240 e. The van der Waals surface area contributed by atoms with Crippen molar-refractivity contribution in [3.05, 3.63) is 35.9 Å². The fraction of sp³-hybridized carbons (Fsp3) is 0.533. The Morgan fingerprint density at radius 1 is 1.27 bits per heavy atom. The van der Waals surface area contributed by atoms with Crippen LogP contribution in [0.5, 0.6) is 0 Å². The van der Waals surface area contributed by atoms with Crippen LogP contribution in [-0.4, -0.2) is 62.2 Å². The minimum Gasteiger partial charge on any atom is -0.394 e. The topological polar surface area (TPSA) is 83.9 Å². The van der Waals surface area contributed by atoms with Crippen LogP contribution in [0.1, 0.15) is 12.5 Å². The lowest BCUT2D eigenvalue weighted by Gasteiger charge is -2.21. The van der Waals surface area contributed by atoms with Crippen molar-refractivity contribution in [1.82, 2.24) is 4.90 Å². The van der Waals surface area contributed by atoms with Crippen molar-refractivity contribution in [2.24, 2.45) is 0 Å². The first kappa shape index (κ1) is 18.6. The van der Waals surface area contributed by atoms with Crippen molar-refractivity contribution in [2.45, 2.75) is 18.7 Å². The molecule has 0 aromatic heterocycles. The zero-order valence-electron chi connectivity index (χ0n) is 12.9. The maximum absolute atomic E-state index is 12.2. The van der Waals surface area contributed by atoms with Gasteiger partial charge < -0.3 is 14.7 Å². The molecule has 1 aromatic carbocycles. The summed E-state index contributed by atoms with van der Waals surface area (Å²) in [6.07, 6.45) is 0. The van der Waals surface area contributed by atoms with E-state index in [1.807, 2.05) is 30.3 Å². The van der Waals surface area contributed by atoms with E-state index in [0.717, 1.165) is 5.56 Å². The van der Waals surface area contributed by atoms with Crippen molar-refractivity contribution in [3.63, 3.8) is 0 Å². The maximum atomic E-state index is 12.2. The maximum Gasteiger partial charge on any atom is 0.240 e. The summed E-state index contributed by atoms with van der Waals surface area (Å²) >= 11 is 0. The molecule has 0 radical (unpaired) electrons. The van der Waals surface area contributed by atoms with Gasteiger partial charge in [-0.2, -0.15) is 0 Å². The van der Waals surface area contributed by atoms with Crippen LogP contribution in [-0.2, 0) is 25.9 Å². The summed E-state index contributed by atoms with van der Waals surface area (Å²) in [5.41, 5.74) is 0.939. The number of hydrogen-bond donors (Lipinski definition) is 1. The Kier molecular flexibility index (Phi) is 7.50. The van der Waals surface area contributed by atoms with Gasteiger partial charge in [-0.15, -0.1) is 0 Å². The van der Waals surface area contributed by atoms with E-state index >= 15 is 0 Å². The highest BCUT2D eigenvalue weighted by Gasteiger charge is 2.29. The van der Waals surface area contributed by atoms with Crippen LogP contribution in [0.15, 0.2) is 30.3 Å². The van der Waals surface area contributed by atoms with Crippen LogP contribution < -0.4 is 0 Å². The number of amides is 1. The molecule has 0 bridgehead atoms. The zero-order valence-corrected chi connectivity index (χ0v) is 13.8. The number of carbonyl (C=O) groups is 1. The van der Waals surface area contributed by atoms with Crippen LogP contribution in [0.4, 0.5) is 0 Å². The molecule has 7 heteroatoms. The Morgan fingerprint density at radius 3 is 2.50 bits per heavy atom. The van der Waals surface area contributed by atoms with E-state index < -0.39 is 21.0 Å². The highest BCUT2D eigenvalue weighted by atomic mass is 32.2. The monoisotopic (exact) mass is 329 g/mol. The molecule has 0 saturated heterocycles. The molecule has 1 rings (SSSR count). The number of carbonyl (C=O) groups excluding carboxylic acids is 1. The van der Waals surface area contributed by atoms with Crippen LogP contribution >= 0.6 is 0 Å². The predicted octanol–water partition coefficient (Wildman–Crippen LogP) is 0.457. The second-order valence-corrected chi connectivity index (χ2v) is 7.47. The Morgan fingerprint density at radius 2 is 1.91 bits per heavy atom. The normalized spacial score (nSPS) is 12.9. The van der Waals surface area contributed by atoms with Crippen molar-refractivity contribution in [1.29, 1.82) is 0 Å². The first-order chi connectivity index (χ1) is 10.4. The molecular formula is C15H23NO5S. The van der Waals surface area contributed by atoms with E-state index in [1.165, 1.54) is 11.8 Å². The summed E-state index contributed by atoms with van der Waals surface area (Å²) in [5.74, 6) is -0.676. The molecule has 0 aliphatic heterocycles. The molecule has 0 fully saturated rings. The summed E-state index contributed by atoms with van der Waals surface area (Å²) in [4.78, 5) is 13.7. The van der Waals surface area contributed by atoms with E-state index in [9.17, 15) is 13.2 Å². The van der Waals surface area contributed by atoms with E-state index in [0.29, 0.717) is 6.54 Å². The fourth-order valence-corrected chi connectivity index (χ4v) is 3.11.